The maximum atomic E-state index is 4.94. The Kier molecular flexibility index (Phi) is 4.78. The first-order valence-electron chi connectivity index (χ1n) is 13.9. The second-order valence-corrected chi connectivity index (χ2v) is 11.4. The second kappa shape index (κ2) is 8.30. The number of aromatic nitrogens is 3. The first kappa shape index (κ1) is 23.0. The highest BCUT2D eigenvalue weighted by Crippen LogP contribution is 2.53. The summed E-state index contributed by atoms with van der Waals surface area (Å²) in [6, 6.07) is 43.7. The van der Waals surface area contributed by atoms with Crippen LogP contribution < -0.4 is 0 Å². The summed E-state index contributed by atoms with van der Waals surface area (Å²) in [5, 5.41) is 1.31. The van der Waals surface area contributed by atoms with Crippen LogP contribution in [0, 0.1) is 0 Å². The molecular weight excluding hydrogens is 486 g/mol. The first-order chi connectivity index (χ1) is 19.5. The minimum atomic E-state index is -0.109. The lowest BCUT2D eigenvalue weighted by molar-refractivity contribution is 0.624. The van der Waals surface area contributed by atoms with Gasteiger partial charge in [-0.2, -0.15) is 0 Å². The number of imidazole rings is 1. The molecule has 0 atom stereocenters. The van der Waals surface area contributed by atoms with Crippen LogP contribution in [0.4, 0.5) is 0 Å². The van der Waals surface area contributed by atoms with Crippen molar-refractivity contribution >= 4 is 21.9 Å². The fourth-order valence-corrected chi connectivity index (χ4v) is 6.79. The Bertz CT molecular complexity index is 2090. The predicted molar refractivity (Wildman–Crippen MR) is 166 cm³/mol. The van der Waals surface area contributed by atoms with Crippen molar-refractivity contribution in [1.29, 1.82) is 0 Å². The maximum Gasteiger partial charge on any atom is 0.140 e. The van der Waals surface area contributed by atoms with Gasteiger partial charge in [0.1, 0.15) is 5.82 Å². The van der Waals surface area contributed by atoms with Crippen LogP contribution in [0.25, 0.3) is 61.3 Å². The van der Waals surface area contributed by atoms with E-state index in [2.05, 4.69) is 145 Å². The molecule has 8 rings (SSSR count). The topological polar surface area (TPSA) is 22.8 Å². The van der Waals surface area contributed by atoms with Crippen LogP contribution in [-0.2, 0) is 12.5 Å². The Morgan fingerprint density at radius 3 is 2.23 bits per heavy atom. The monoisotopic (exact) mass is 515 g/mol. The lowest BCUT2D eigenvalue weighted by atomic mass is 9.85. The number of fused-ring (bicyclic) bond motifs is 6. The van der Waals surface area contributed by atoms with Crippen LogP contribution in [0.3, 0.4) is 0 Å². The van der Waals surface area contributed by atoms with Crippen LogP contribution in [0.2, 0.25) is 0 Å². The van der Waals surface area contributed by atoms with Gasteiger partial charge in [0.15, 0.2) is 0 Å². The molecule has 1 aliphatic carbocycles. The van der Waals surface area contributed by atoms with Crippen molar-refractivity contribution in [1.82, 2.24) is 14.1 Å². The second-order valence-electron chi connectivity index (χ2n) is 11.4. The predicted octanol–water partition coefficient (Wildman–Crippen LogP) is 9.16. The third-order valence-corrected chi connectivity index (χ3v) is 8.69. The zero-order chi connectivity index (χ0) is 27.0. The normalized spacial score (nSPS) is 13.6. The van der Waals surface area contributed by atoms with Gasteiger partial charge in [0.25, 0.3) is 0 Å². The summed E-state index contributed by atoms with van der Waals surface area (Å²) in [5.41, 5.74) is 13.5. The van der Waals surface area contributed by atoms with Gasteiger partial charge in [0.2, 0.25) is 0 Å². The molecule has 0 N–H and O–H groups in total. The SMILES string of the molecule is Cn1c(-c2ccccc2)nc2ccc(-c3cccc(-n4c5c(c6ccccc64)-c4ccccc4C5(C)C)c3)cc21. The smallest absolute Gasteiger partial charge is 0.140 e. The fraction of sp³-hybridized carbons (Fsp3) is 0.108. The summed E-state index contributed by atoms with van der Waals surface area (Å²) >= 11 is 0. The molecule has 40 heavy (non-hydrogen) atoms. The van der Waals surface area contributed by atoms with Crippen LogP contribution in [0.5, 0.6) is 0 Å². The van der Waals surface area contributed by atoms with Crippen molar-refractivity contribution in [2.75, 3.05) is 0 Å². The maximum absolute atomic E-state index is 4.94. The number of para-hydroxylation sites is 1. The Morgan fingerprint density at radius 1 is 0.625 bits per heavy atom. The third-order valence-electron chi connectivity index (χ3n) is 8.69. The number of rotatable bonds is 3. The van der Waals surface area contributed by atoms with E-state index in [1.807, 2.05) is 6.07 Å². The van der Waals surface area contributed by atoms with Crippen molar-refractivity contribution in [2.45, 2.75) is 19.3 Å². The van der Waals surface area contributed by atoms with Crippen LogP contribution >= 0.6 is 0 Å². The summed E-state index contributed by atoms with van der Waals surface area (Å²) in [4.78, 5) is 4.94. The van der Waals surface area contributed by atoms with E-state index in [4.69, 9.17) is 4.98 Å². The van der Waals surface area contributed by atoms with Crippen molar-refractivity contribution in [3.05, 3.63) is 133 Å². The Hall–Kier alpha value is -4.89. The minimum Gasteiger partial charge on any atom is -0.327 e. The number of benzene rings is 5. The van der Waals surface area contributed by atoms with E-state index in [0.29, 0.717) is 0 Å². The number of nitrogens with zero attached hydrogens (tertiary/aromatic N) is 3. The molecule has 1 aliphatic rings. The average Bonchev–Trinajstić information content (AvgIpc) is 3.60. The largest absolute Gasteiger partial charge is 0.327 e. The van der Waals surface area contributed by atoms with E-state index in [1.54, 1.807) is 0 Å². The van der Waals surface area contributed by atoms with E-state index in [9.17, 15) is 0 Å². The lowest BCUT2D eigenvalue weighted by Crippen LogP contribution is -2.19. The fourth-order valence-electron chi connectivity index (χ4n) is 6.79. The minimum absolute atomic E-state index is 0.109. The molecule has 0 amide bonds. The summed E-state index contributed by atoms with van der Waals surface area (Å²) < 4.78 is 4.69. The van der Waals surface area contributed by atoms with Crippen LogP contribution in [-0.4, -0.2) is 14.1 Å². The van der Waals surface area contributed by atoms with Gasteiger partial charge in [-0.15, -0.1) is 0 Å². The van der Waals surface area contributed by atoms with Crippen molar-refractivity contribution in [3.63, 3.8) is 0 Å². The molecule has 3 nitrogen and oxygen atoms in total. The van der Waals surface area contributed by atoms with Crippen LogP contribution in [0.15, 0.2) is 121 Å². The molecule has 5 aromatic carbocycles. The molecule has 0 fully saturated rings. The zero-order valence-corrected chi connectivity index (χ0v) is 22.9. The molecule has 2 heterocycles. The van der Waals surface area contributed by atoms with Crippen molar-refractivity contribution in [2.24, 2.45) is 7.05 Å². The molecule has 0 saturated heterocycles. The molecule has 7 aromatic rings. The molecule has 192 valence electrons. The molecule has 3 heteroatoms. The van der Waals surface area contributed by atoms with Gasteiger partial charge in [0.05, 0.1) is 16.6 Å². The standard InChI is InChI=1S/C37H29N3/c1-37(2)30-18-9-7-16-28(30)34-29-17-8-10-19-32(29)40(35(34)37)27-15-11-14-25(22-27)26-20-21-31-33(23-26)39(3)36(38-31)24-12-5-4-6-13-24/h4-23H,1-3H3. The molecule has 0 saturated carbocycles. The molecule has 0 radical (unpaired) electrons. The van der Waals surface area contributed by atoms with Crippen LogP contribution in [0.1, 0.15) is 25.1 Å². The molecule has 0 aliphatic heterocycles. The number of hydrogen-bond acceptors (Lipinski definition) is 1. The first-order valence-corrected chi connectivity index (χ1v) is 13.9. The van der Waals surface area contributed by atoms with E-state index < -0.39 is 0 Å². The Morgan fingerprint density at radius 2 is 1.35 bits per heavy atom. The molecule has 2 aromatic heterocycles. The highest BCUT2D eigenvalue weighted by molar-refractivity contribution is 6.03. The van der Waals surface area contributed by atoms with E-state index in [0.717, 1.165) is 22.4 Å². The Balaban J connectivity index is 1.31. The van der Waals surface area contributed by atoms with E-state index in [1.165, 1.54) is 50.1 Å². The van der Waals surface area contributed by atoms with Gasteiger partial charge in [-0.3, -0.25) is 0 Å². The molecule has 0 spiro atoms. The van der Waals surface area contributed by atoms with Crippen molar-refractivity contribution in [3.8, 4) is 39.3 Å². The number of aryl methyl sites for hydroxylation is 1. The highest BCUT2D eigenvalue weighted by atomic mass is 15.1. The van der Waals surface area contributed by atoms with Gasteiger partial charge in [-0.1, -0.05) is 105 Å². The quantitative estimate of drug-likeness (QED) is 0.230. The zero-order valence-electron chi connectivity index (χ0n) is 22.9. The molecule has 0 bridgehead atoms. The Labute approximate surface area is 234 Å². The van der Waals surface area contributed by atoms with Gasteiger partial charge in [-0.25, -0.2) is 4.98 Å². The van der Waals surface area contributed by atoms with E-state index >= 15 is 0 Å². The number of hydrogen-bond donors (Lipinski definition) is 0. The van der Waals surface area contributed by atoms with E-state index in [-0.39, 0.29) is 5.41 Å². The summed E-state index contributed by atoms with van der Waals surface area (Å²) in [7, 11) is 2.10. The third kappa shape index (κ3) is 3.15. The molecule has 0 unspecified atom stereocenters. The van der Waals surface area contributed by atoms with Gasteiger partial charge in [-0.05, 0) is 52.6 Å². The van der Waals surface area contributed by atoms with Crippen molar-refractivity contribution < 1.29 is 0 Å². The summed E-state index contributed by atoms with van der Waals surface area (Å²) in [6.07, 6.45) is 0. The average molecular weight is 516 g/mol. The highest BCUT2D eigenvalue weighted by Gasteiger charge is 2.40. The van der Waals surface area contributed by atoms with Gasteiger partial charge >= 0.3 is 0 Å². The van der Waals surface area contributed by atoms with Gasteiger partial charge < -0.3 is 9.13 Å². The summed E-state index contributed by atoms with van der Waals surface area (Å²) in [6.45, 7) is 4.72. The lowest BCUT2D eigenvalue weighted by Gasteiger charge is -2.24. The van der Waals surface area contributed by atoms with Gasteiger partial charge in [0, 0.05) is 40.4 Å². The summed E-state index contributed by atoms with van der Waals surface area (Å²) in [5.74, 6) is 0.984. The molecular formula is C37H29N3.